The van der Waals surface area contributed by atoms with Crippen molar-refractivity contribution in [2.75, 3.05) is 0 Å². The molecule has 1 rings (SSSR count). The number of carbonyl (C=O) groups excluding carboxylic acids is 1. The van der Waals surface area contributed by atoms with Gasteiger partial charge in [-0.3, -0.25) is 9.59 Å². The third-order valence-electron chi connectivity index (χ3n) is 2.65. The maximum Gasteiger partial charge on any atom is 0.266 e. The zero-order valence-electron chi connectivity index (χ0n) is 10.2. The van der Waals surface area contributed by atoms with E-state index in [-0.39, 0.29) is 11.3 Å². The van der Waals surface area contributed by atoms with Crippen LogP contribution in [0, 0.1) is 11.3 Å². The SMILES string of the molecule is CCCCC(=O)c1cc(C#N)c(=O)[nH]c1CC. The highest BCUT2D eigenvalue weighted by Gasteiger charge is 2.13. The zero-order valence-corrected chi connectivity index (χ0v) is 10.2. The van der Waals surface area contributed by atoms with Gasteiger partial charge in [-0.05, 0) is 18.9 Å². The third-order valence-corrected chi connectivity index (χ3v) is 2.65. The molecule has 0 spiro atoms. The van der Waals surface area contributed by atoms with E-state index in [1.807, 2.05) is 13.8 Å². The van der Waals surface area contributed by atoms with Crippen LogP contribution in [0.3, 0.4) is 0 Å². The minimum Gasteiger partial charge on any atom is -0.324 e. The Labute approximate surface area is 100 Å². The van der Waals surface area contributed by atoms with Crippen LogP contribution in [-0.2, 0) is 6.42 Å². The Morgan fingerprint density at radius 2 is 2.18 bits per heavy atom. The second-order valence-electron chi connectivity index (χ2n) is 3.90. The average molecular weight is 232 g/mol. The highest BCUT2D eigenvalue weighted by Crippen LogP contribution is 2.11. The molecule has 17 heavy (non-hydrogen) atoms. The fourth-order valence-corrected chi connectivity index (χ4v) is 1.65. The first-order valence-corrected chi connectivity index (χ1v) is 5.83. The quantitative estimate of drug-likeness (QED) is 0.791. The normalized spacial score (nSPS) is 9.94. The maximum atomic E-state index is 11.9. The number of nitrogens with zero attached hydrogens (tertiary/aromatic N) is 1. The molecule has 0 aliphatic heterocycles. The van der Waals surface area contributed by atoms with Crippen molar-refractivity contribution in [3.63, 3.8) is 0 Å². The molecule has 1 heterocycles. The molecule has 1 N–H and O–H groups in total. The largest absolute Gasteiger partial charge is 0.324 e. The molecule has 0 aliphatic carbocycles. The van der Waals surface area contributed by atoms with Crippen LogP contribution in [-0.4, -0.2) is 10.8 Å². The number of hydrogen-bond donors (Lipinski definition) is 1. The number of hydrogen-bond acceptors (Lipinski definition) is 3. The first kappa shape index (κ1) is 13.2. The van der Waals surface area contributed by atoms with Gasteiger partial charge in [0.1, 0.15) is 11.6 Å². The number of aromatic amines is 1. The molecule has 0 radical (unpaired) electrons. The van der Waals surface area contributed by atoms with Crippen molar-refractivity contribution < 1.29 is 4.79 Å². The molecule has 4 nitrogen and oxygen atoms in total. The lowest BCUT2D eigenvalue weighted by Crippen LogP contribution is -2.17. The summed E-state index contributed by atoms with van der Waals surface area (Å²) in [5, 5.41) is 8.78. The molecular weight excluding hydrogens is 216 g/mol. The van der Waals surface area contributed by atoms with Gasteiger partial charge in [0.15, 0.2) is 5.78 Å². The predicted molar refractivity (Wildman–Crippen MR) is 65.0 cm³/mol. The van der Waals surface area contributed by atoms with E-state index in [0.29, 0.717) is 24.1 Å². The van der Waals surface area contributed by atoms with Gasteiger partial charge in [-0.15, -0.1) is 0 Å². The number of H-pyrrole nitrogens is 1. The van der Waals surface area contributed by atoms with E-state index in [1.165, 1.54) is 6.07 Å². The number of aromatic nitrogens is 1. The smallest absolute Gasteiger partial charge is 0.266 e. The molecule has 0 amide bonds. The zero-order chi connectivity index (χ0) is 12.8. The number of nitrogens with one attached hydrogen (secondary N) is 1. The van der Waals surface area contributed by atoms with Crippen LogP contribution in [0.4, 0.5) is 0 Å². The molecule has 0 aliphatic rings. The highest BCUT2D eigenvalue weighted by molar-refractivity contribution is 5.97. The lowest BCUT2D eigenvalue weighted by atomic mass is 10.0. The summed E-state index contributed by atoms with van der Waals surface area (Å²) < 4.78 is 0. The second kappa shape index (κ2) is 6.00. The summed E-state index contributed by atoms with van der Waals surface area (Å²) in [5.41, 5.74) is 0.686. The Morgan fingerprint density at radius 3 is 2.71 bits per heavy atom. The molecule has 4 heteroatoms. The minimum absolute atomic E-state index is 0.00190. The van der Waals surface area contributed by atoms with Crippen LogP contribution in [0.2, 0.25) is 0 Å². The number of nitriles is 1. The highest BCUT2D eigenvalue weighted by atomic mass is 16.1. The van der Waals surface area contributed by atoms with Gasteiger partial charge in [-0.1, -0.05) is 20.3 Å². The molecule has 0 atom stereocenters. The van der Waals surface area contributed by atoms with Crippen LogP contribution < -0.4 is 5.56 Å². The Bertz CT molecular complexity index is 509. The lowest BCUT2D eigenvalue weighted by molar-refractivity contribution is 0.0978. The van der Waals surface area contributed by atoms with E-state index in [1.54, 1.807) is 6.07 Å². The number of carbonyl (C=O) groups is 1. The second-order valence-corrected chi connectivity index (χ2v) is 3.90. The molecule has 0 fully saturated rings. The van der Waals surface area contributed by atoms with Gasteiger partial charge in [0.25, 0.3) is 5.56 Å². The van der Waals surface area contributed by atoms with Gasteiger partial charge in [0.05, 0.1) is 0 Å². The number of rotatable bonds is 5. The summed E-state index contributed by atoms with van der Waals surface area (Å²) >= 11 is 0. The molecular formula is C13H16N2O2. The lowest BCUT2D eigenvalue weighted by Gasteiger charge is -2.06. The van der Waals surface area contributed by atoms with E-state index < -0.39 is 5.56 Å². The van der Waals surface area contributed by atoms with Crippen molar-refractivity contribution in [2.24, 2.45) is 0 Å². The summed E-state index contributed by atoms with van der Waals surface area (Å²) in [7, 11) is 0. The summed E-state index contributed by atoms with van der Waals surface area (Å²) in [6, 6.07) is 3.21. The summed E-state index contributed by atoms with van der Waals surface area (Å²) in [5.74, 6) is -0.00329. The van der Waals surface area contributed by atoms with Gasteiger partial charge < -0.3 is 4.98 Å². The number of pyridine rings is 1. The van der Waals surface area contributed by atoms with Crippen LogP contribution in [0.25, 0.3) is 0 Å². The van der Waals surface area contributed by atoms with E-state index in [4.69, 9.17) is 5.26 Å². The Morgan fingerprint density at radius 1 is 1.47 bits per heavy atom. The molecule has 0 aromatic carbocycles. The summed E-state index contributed by atoms with van der Waals surface area (Å²) in [6.45, 7) is 3.88. The average Bonchev–Trinajstić information content (AvgIpc) is 2.35. The van der Waals surface area contributed by atoms with E-state index >= 15 is 0 Å². The van der Waals surface area contributed by atoms with Crippen molar-refractivity contribution in [1.82, 2.24) is 4.98 Å². The summed E-state index contributed by atoms with van der Waals surface area (Å²) in [4.78, 5) is 26.0. The Kier molecular flexibility index (Phi) is 4.65. The molecule has 0 unspecified atom stereocenters. The van der Waals surface area contributed by atoms with Crippen molar-refractivity contribution in [1.29, 1.82) is 5.26 Å². The molecule has 1 aromatic rings. The molecule has 0 saturated carbocycles. The number of aryl methyl sites for hydroxylation is 1. The molecule has 1 aromatic heterocycles. The number of Topliss-reactive ketones (excluding diaryl/α,β-unsaturated/α-hetero) is 1. The van der Waals surface area contributed by atoms with Crippen molar-refractivity contribution in [3.8, 4) is 6.07 Å². The van der Waals surface area contributed by atoms with Crippen molar-refractivity contribution in [2.45, 2.75) is 39.5 Å². The van der Waals surface area contributed by atoms with Gasteiger partial charge in [-0.25, -0.2) is 0 Å². The van der Waals surface area contributed by atoms with Crippen LogP contribution >= 0.6 is 0 Å². The van der Waals surface area contributed by atoms with Gasteiger partial charge in [0.2, 0.25) is 0 Å². The number of unbranched alkanes of at least 4 members (excludes halogenated alkanes) is 1. The van der Waals surface area contributed by atoms with Crippen molar-refractivity contribution in [3.05, 3.63) is 33.2 Å². The van der Waals surface area contributed by atoms with E-state index in [9.17, 15) is 9.59 Å². The molecule has 0 saturated heterocycles. The predicted octanol–water partition coefficient (Wildman–Crippen LogP) is 2.18. The maximum absolute atomic E-state index is 11.9. The van der Waals surface area contributed by atoms with Crippen molar-refractivity contribution >= 4 is 5.78 Å². The van der Waals surface area contributed by atoms with Gasteiger partial charge >= 0.3 is 0 Å². The topological polar surface area (TPSA) is 73.7 Å². The third kappa shape index (κ3) is 3.04. The standard InChI is InChI=1S/C13H16N2O2/c1-3-5-6-12(16)10-7-9(8-14)13(17)15-11(10)4-2/h7H,3-6H2,1-2H3,(H,15,17). The molecule has 0 bridgehead atoms. The van der Waals surface area contributed by atoms with Crippen LogP contribution in [0.1, 0.15) is 54.7 Å². The summed E-state index contributed by atoms with van der Waals surface area (Å²) in [6.07, 6.45) is 2.80. The van der Waals surface area contributed by atoms with E-state index in [2.05, 4.69) is 4.98 Å². The van der Waals surface area contributed by atoms with Gasteiger partial charge in [0, 0.05) is 17.7 Å². The first-order chi connectivity index (χ1) is 8.13. The monoisotopic (exact) mass is 232 g/mol. The first-order valence-electron chi connectivity index (χ1n) is 5.83. The molecule has 90 valence electrons. The fraction of sp³-hybridized carbons (Fsp3) is 0.462. The van der Waals surface area contributed by atoms with Crippen LogP contribution in [0.5, 0.6) is 0 Å². The Balaban J connectivity index is 3.17. The van der Waals surface area contributed by atoms with Gasteiger partial charge in [-0.2, -0.15) is 5.26 Å². The number of ketones is 1. The van der Waals surface area contributed by atoms with Crippen LogP contribution in [0.15, 0.2) is 10.9 Å². The minimum atomic E-state index is -0.420. The fourth-order valence-electron chi connectivity index (χ4n) is 1.65. The van der Waals surface area contributed by atoms with E-state index in [0.717, 1.165) is 12.8 Å². The Hall–Kier alpha value is -1.89.